The van der Waals surface area contributed by atoms with Crippen LogP contribution in [-0.4, -0.2) is 26.2 Å². The highest BCUT2D eigenvalue weighted by Crippen LogP contribution is 2.37. The van der Waals surface area contributed by atoms with Crippen LogP contribution in [-0.2, 0) is 21.5 Å². The minimum Gasteiger partial charge on any atom is -0.383 e. The number of thiophene rings is 1. The van der Waals surface area contributed by atoms with Crippen LogP contribution in [0.25, 0.3) is 0 Å². The fourth-order valence-electron chi connectivity index (χ4n) is 2.46. The van der Waals surface area contributed by atoms with Gasteiger partial charge in [0.1, 0.15) is 5.54 Å². The molecule has 1 amide bonds. The predicted molar refractivity (Wildman–Crippen MR) is 68.0 cm³/mol. The van der Waals surface area contributed by atoms with Gasteiger partial charge < -0.3 is 10.5 Å². The van der Waals surface area contributed by atoms with Crippen molar-refractivity contribution in [1.82, 2.24) is 5.32 Å². The Labute approximate surface area is 105 Å². The summed E-state index contributed by atoms with van der Waals surface area (Å²) in [4.78, 5) is 13.1. The zero-order valence-electron chi connectivity index (χ0n) is 9.99. The summed E-state index contributed by atoms with van der Waals surface area (Å²) in [6, 6.07) is 2.02. The summed E-state index contributed by atoms with van der Waals surface area (Å²) in [6.45, 7) is 1.21. The van der Waals surface area contributed by atoms with E-state index in [9.17, 15) is 4.79 Å². The summed E-state index contributed by atoms with van der Waals surface area (Å²) in [5.41, 5.74) is 6.00. The summed E-state index contributed by atoms with van der Waals surface area (Å²) in [5, 5.41) is 5.32. The van der Waals surface area contributed by atoms with Gasteiger partial charge in [0.15, 0.2) is 0 Å². The third-order valence-electron chi connectivity index (χ3n) is 3.31. The van der Waals surface area contributed by atoms with E-state index in [0.717, 1.165) is 24.8 Å². The lowest BCUT2D eigenvalue weighted by molar-refractivity contribution is -0.125. The maximum absolute atomic E-state index is 11.9. The summed E-state index contributed by atoms with van der Waals surface area (Å²) in [6.07, 6.45) is 2.82. The van der Waals surface area contributed by atoms with E-state index >= 15 is 0 Å². The zero-order chi connectivity index (χ0) is 12.3. The quantitative estimate of drug-likeness (QED) is 0.771. The fourth-order valence-corrected chi connectivity index (χ4v) is 3.46. The van der Waals surface area contributed by atoms with Gasteiger partial charge in [0.2, 0.25) is 5.91 Å². The van der Waals surface area contributed by atoms with Gasteiger partial charge in [0, 0.05) is 18.5 Å². The van der Waals surface area contributed by atoms with E-state index in [0.29, 0.717) is 13.2 Å². The average Bonchev–Trinajstić information content (AvgIpc) is 2.78. The van der Waals surface area contributed by atoms with Crippen molar-refractivity contribution in [2.24, 2.45) is 5.73 Å². The number of amides is 1. The summed E-state index contributed by atoms with van der Waals surface area (Å²) in [5.74, 6) is -0.284. The van der Waals surface area contributed by atoms with Gasteiger partial charge in [-0.15, -0.1) is 11.3 Å². The van der Waals surface area contributed by atoms with Crippen molar-refractivity contribution < 1.29 is 9.53 Å². The zero-order valence-corrected chi connectivity index (χ0v) is 10.8. The van der Waals surface area contributed by atoms with Gasteiger partial charge in [-0.25, -0.2) is 0 Å². The molecule has 0 saturated heterocycles. The lowest BCUT2D eigenvalue weighted by Gasteiger charge is -2.35. The number of nitrogens with two attached hydrogens (primary N) is 1. The van der Waals surface area contributed by atoms with Crippen LogP contribution >= 0.6 is 11.3 Å². The highest BCUT2D eigenvalue weighted by molar-refractivity contribution is 7.10. The van der Waals surface area contributed by atoms with Crippen LogP contribution in [0, 0.1) is 0 Å². The first kappa shape index (κ1) is 12.5. The number of aryl methyl sites for hydroxylation is 1. The van der Waals surface area contributed by atoms with Gasteiger partial charge in [-0.3, -0.25) is 10.1 Å². The first-order chi connectivity index (χ1) is 8.20. The molecule has 1 unspecified atom stereocenters. The standard InChI is InChI=1S/C12H18N2O2S/c1-16-7-6-14-12(11(13)15)5-2-3-10-9(12)4-8-17-10/h4,8,14H,2-3,5-7H2,1H3,(H2,13,15). The van der Waals surface area contributed by atoms with E-state index in [4.69, 9.17) is 10.5 Å². The van der Waals surface area contributed by atoms with Crippen LogP contribution in [0.4, 0.5) is 0 Å². The SMILES string of the molecule is COCCNC1(C(N)=O)CCCc2sccc21. The van der Waals surface area contributed by atoms with Gasteiger partial charge in [-0.2, -0.15) is 0 Å². The number of rotatable bonds is 5. The Kier molecular flexibility index (Phi) is 3.81. The fraction of sp³-hybridized carbons (Fsp3) is 0.583. The van der Waals surface area contributed by atoms with E-state index in [1.807, 2.05) is 11.4 Å². The Balaban J connectivity index is 2.27. The Morgan fingerprint density at radius 2 is 2.53 bits per heavy atom. The number of carbonyl (C=O) groups is 1. The van der Waals surface area contributed by atoms with Gasteiger partial charge >= 0.3 is 0 Å². The predicted octanol–water partition coefficient (Wildman–Crippen LogP) is 1.00. The van der Waals surface area contributed by atoms with E-state index in [2.05, 4.69) is 5.32 Å². The first-order valence-corrected chi connectivity index (χ1v) is 6.69. The Hall–Kier alpha value is -0.910. The minimum atomic E-state index is -0.688. The number of hydrogen-bond donors (Lipinski definition) is 2. The summed E-state index contributed by atoms with van der Waals surface area (Å²) >= 11 is 1.71. The molecule has 3 N–H and O–H groups in total. The number of fused-ring (bicyclic) bond motifs is 1. The molecular formula is C12H18N2O2S. The van der Waals surface area contributed by atoms with Crippen molar-refractivity contribution in [1.29, 1.82) is 0 Å². The van der Waals surface area contributed by atoms with Crippen molar-refractivity contribution >= 4 is 17.2 Å². The van der Waals surface area contributed by atoms with E-state index in [-0.39, 0.29) is 5.91 Å². The third-order valence-corrected chi connectivity index (χ3v) is 4.30. The normalized spacial score (nSPS) is 23.4. The first-order valence-electron chi connectivity index (χ1n) is 5.81. The molecule has 0 aromatic carbocycles. The lowest BCUT2D eigenvalue weighted by Crippen LogP contribution is -2.54. The van der Waals surface area contributed by atoms with Crippen LogP contribution in [0.5, 0.6) is 0 Å². The van der Waals surface area contributed by atoms with E-state index in [1.165, 1.54) is 4.88 Å². The van der Waals surface area contributed by atoms with Gasteiger partial charge in [0.05, 0.1) is 6.61 Å². The Morgan fingerprint density at radius 3 is 3.24 bits per heavy atom. The Morgan fingerprint density at radius 1 is 1.71 bits per heavy atom. The molecule has 1 aliphatic carbocycles. The smallest absolute Gasteiger partial charge is 0.242 e. The molecule has 5 heteroatoms. The highest BCUT2D eigenvalue weighted by atomic mass is 32.1. The van der Waals surface area contributed by atoms with E-state index in [1.54, 1.807) is 18.4 Å². The number of primary amides is 1. The molecule has 1 atom stereocenters. The molecule has 0 bridgehead atoms. The molecular weight excluding hydrogens is 236 g/mol. The number of nitrogens with one attached hydrogen (secondary N) is 1. The molecule has 1 heterocycles. The van der Waals surface area contributed by atoms with Crippen molar-refractivity contribution in [3.63, 3.8) is 0 Å². The average molecular weight is 254 g/mol. The second-order valence-corrected chi connectivity index (χ2v) is 5.30. The molecule has 17 heavy (non-hydrogen) atoms. The molecule has 0 fully saturated rings. The molecule has 94 valence electrons. The number of hydrogen-bond acceptors (Lipinski definition) is 4. The maximum Gasteiger partial charge on any atom is 0.242 e. The minimum absolute atomic E-state index is 0.284. The van der Waals surface area contributed by atoms with Crippen molar-refractivity contribution in [3.05, 3.63) is 21.9 Å². The van der Waals surface area contributed by atoms with Crippen LogP contribution in [0.2, 0.25) is 0 Å². The molecule has 0 radical (unpaired) electrons. The maximum atomic E-state index is 11.9. The van der Waals surface area contributed by atoms with Gasteiger partial charge in [-0.05, 0) is 36.3 Å². The second-order valence-electron chi connectivity index (χ2n) is 4.30. The molecule has 2 rings (SSSR count). The second kappa shape index (κ2) is 5.16. The number of ether oxygens (including phenoxy) is 1. The van der Waals surface area contributed by atoms with Crippen LogP contribution in [0.1, 0.15) is 23.3 Å². The van der Waals surface area contributed by atoms with Crippen molar-refractivity contribution in [2.75, 3.05) is 20.3 Å². The van der Waals surface area contributed by atoms with E-state index < -0.39 is 5.54 Å². The third kappa shape index (κ3) is 2.22. The van der Waals surface area contributed by atoms with Crippen LogP contribution < -0.4 is 11.1 Å². The lowest BCUT2D eigenvalue weighted by atomic mass is 9.79. The highest BCUT2D eigenvalue weighted by Gasteiger charge is 2.41. The number of carbonyl (C=O) groups excluding carboxylic acids is 1. The van der Waals surface area contributed by atoms with Gasteiger partial charge in [0.25, 0.3) is 0 Å². The molecule has 0 saturated carbocycles. The summed E-state index contributed by atoms with van der Waals surface area (Å²) in [7, 11) is 1.65. The number of methoxy groups -OCH3 is 1. The largest absolute Gasteiger partial charge is 0.383 e. The van der Waals surface area contributed by atoms with Crippen LogP contribution in [0.15, 0.2) is 11.4 Å². The molecule has 0 spiro atoms. The molecule has 1 aliphatic rings. The monoisotopic (exact) mass is 254 g/mol. The summed E-state index contributed by atoms with van der Waals surface area (Å²) < 4.78 is 5.02. The van der Waals surface area contributed by atoms with Crippen molar-refractivity contribution in [2.45, 2.75) is 24.8 Å². The topological polar surface area (TPSA) is 64.3 Å². The molecule has 1 aromatic rings. The molecule has 1 aromatic heterocycles. The molecule has 4 nitrogen and oxygen atoms in total. The van der Waals surface area contributed by atoms with Crippen LogP contribution in [0.3, 0.4) is 0 Å². The molecule has 0 aliphatic heterocycles. The Bertz CT molecular complexity index is 405. The van der Waals surface area contributed by atoms with Crippen molar-refractivity contribution in [3.8, 4) is 0 Å². The van der Waals surface area contributed by atoms with Gasteiger partial charge in [-0.1, -0.05) is 0 Å².